The fourth-order valence-electron chi connectivity index (χ4n) is 2.31. The van der Waals surface area contributed by atoms with Crippen LogP contribution in [0.15, 0.2) is 24.3 Å². The summed E-state index contributed by atoms with van der Waals surface area (Å²) in [4.78, 5) is 13.8. The predicted molar refractivity (Wildman–Crippen MR) is 82.9 cm³/mol. The molecule has 1 aliphatic heterocycles. The molecule has 20 heavy (non-hydrogen) atoms. The summed E-state index contributed by atoms with van der Waals surface area (Å²) >= 11 is 0. The van der Waals surface area contributed by atoms with E-state index in [0.29, 0.717) is 0 Å². The fourth-order valence-corrected chi connectivity index (χ4v) is 2.31. The number of rotatable bonds is 3. The highest BCUT2D eigenvalue weighted by Crippen LogP contribution is 2.19. The summed E-state index contributed by atoms with van der Waals surface area (Å²) in [5.41, 5.74) is 2.50. The Hall–Kier alpha value is -1.55. The van der Waals surface area contributed by atoms with Crippen molar-refractivity contribution in [2.75, 3.05) is 18.0 Å². The van der Waals surface area contributed by atoms with Crippen LogP contribution in [0.3, 0.4) is 0 Å². The summed E-state index contributed by atoms with van der Waals surface area (Å²) in [5.74, 6) is 0.106. The zero-order valence-electron chi connectivity index (χ0n) is 12.9. The van der Waals surface area contributed by atoms with Crippen molar-refractivity contribution in [1.82, 2.24) is 10.6 Å². The van der Waals surface area contributed by atoms with Crippen LogP contribution in [0.25, 0.3) is 0 Å². The molecule has 1 aliphatic rings. The number of anilines is 1. The number of carbonyl (C=O) groups excluding carboxylic acids is 1. The van der Waals surface area contributed by atoms with E-state index in [4.69, 9.17) is 0 Å². The van der Waals surface area contributed by atoms with E-state index in [9.17, 15) is 4.79 Å². The number of nitrogens with one attached hydrogen (secondary N) is 2. The van der Waals surface area contributed by atoms with E-state index in [2.05, 4.69) is 60.6 Å². The lowest BCUT2D eigenvalue weighted by Gasteiger charge is -2.34. The lowest BCUT2D eigenvalue weighted by molar-refractivity contribution is -0.122. The van der Waals surface area contributed by atoms with E-state index >= 15 is 0 Å². The van der Waals surface area contributed by atoms with Gasteiger partial charge in [0, 0.05) is 30.9 Å². The number of piperazine rings is 1. The molecule has 2 rings (SSSR count). The van der Waals surface area contributed by atoms with Gasteiger partial charge in [0.25, 0.3) is 0 Å². The number of amides is 1. The molecule has 1 saturated heterocycles. The average molecular weight is 275 g/mol. The monoisotopic (exact) mass is 275 g/mol. The Morgan fingerprint density at radius 1 is 1.30 bits per heavy atom. The standard InChI is InChI=1S/C16H25N3O/c1-12-15(20)17-9-10-19(12)14-7-5-13(6-8-14)11-18-16(2,3)4/h5-8,12,18H,9-11H2,1-4H3,(H,17,20). The minimum absolute atomic E-state index is 0.0951. The molecule has 0 saturated carbocycles. The van der Waals surface area contributed by atoms with Crippen LogP contribution in [0.2, 0.25) is 0 Å². The first kappa shape index (κ1) is 14.9. The minimum atomic E-state index is -0.0951. The van der Waals surface area contributed by atoms with Crippen molar-refractivity contribution < 1.29 is 4.79 Å². The smallest absolute Gasteiger partial charge is 0.242 e. The van der Waals surface area contributed by atoms with Crippen molar-refractivity contribution in [3.8, 4) is 0 Å². The maximum atomic E-state index is 11.7. The van der Waals surface area contributed by atoms with Crippen LogP contribution < -0.4 is 15.5 Å². The maximum absolute atomic E-state index is 11.7. The van der Waals surface area contributed by atoms with E-state index in [0.717, 1.165) is 25.3 Å². The second-order valence-electron chi connectivity index (χ2n) is 6.43. The van der Waals surface area contributed by atoms with Crippen LogP contribution in [0.5, 0.6) is 0 Å². The SMILES string of the molecule is CC1C(=O)NCCN1c1ccc(CNC(C)(C)C)cc1. The van der Waals surface area contributed by atoms with Gasteiger partial charge in [-0.25, -0.2) is 0 Å². The number of hydrogen-bond donors (Lipinski definition) is 2. The lowest BCUT2D eigenvalue weighted by Crippen LogP contribution is -2.54. The van der Waals surface area contributed by atoms with Gasteiger partial charge in [-0.2, -0.15) is 0 Å². The Morgan fingerprint density at radius 3 is 2.55 bits per heavy atom. The quantitative estimate of drug-likeness (QED) is 0.885. The molecule has 4 nitrogen and oxygen atoms in total. The van der Waals surface area contributed by atoms with Crippen LogP contribution in [0.4, 0.5) is 5.69 Å². The van der Waals surface area contributed by atoms with Crippen molar-refractivity contribution >= 4 is 11.6 Å². The molecule has 0 radical (unpaired) electrons. The third-order valence-corrected chi connectivity index (χ3v) is 3.59. The highest BCUT2D eigenvalue weighted by Gasteiger charge is 2.25. The van der Waals surface area contributed by atoms with Gasteiger partial charge in [-0.05, 0) is 45.4 Å². The van der Waals surface area contributed by atoms with Gasteiger partial charge in [-0.1, -0.05) is 12.1 Å². The van der Waals surface area contributed by atoms with E-state index in [-0.39, 0.29) is 17.5 Å². The summed E-state index contributed by atoms with van der Waals surface area (Å²) in [7, 11) is 0. The van der Waals surface area contributed by atoms with Crippen molar-refractivity contribution in [3.63, 3.8) is 0 Å². The molecule has 0 aliphatic carbocycles. The molecule has 1 aromatic carbocycles. The summed E-state index contributed by atoms with van der Waals surface area (Å²) in [6.07, 6.45) is 0. The number of nitrogens with zero attached hydrogens (tertiary/aromatic N) is 1. The summed E-state index contributed by atoms with van der Waals surface area (Å²) < 4.78 is 0. The fraction of sp³-hybridized carbons (Fsp3) is 0.562. The van der Waals surface area contributed by atoms with Gasteiger partial charge >= 0.3 is 0 Å². The van der Waals surface area contributed by atoms with E-state index < -0.39 is 0 Å². The lowest BCUT2D eigenvalue weighted by atomic mass is 10.1. The van der Waals surface area contributed by atoms with Crippen molar-refractivity contribution in [1.29, 1.82) is 0 Å². The molecule has 1 heterocycles. The molecule has 2 N–H and O–H groups in total. The molecule has 110 valence electrons. The molecule has 0 aromatic heterocycles. The van der Waals surface area contributed by atoms with Crippen LogP contribution in [0, 0.1) is 0 Å². The van der Waals surface area contributed by atoms with Crippen LogP contribution in [-0.2, 0) is 11.3 Å². The molecule has 0 spiro atoms. The molecular formula is C16H25N3O. The molecule has 1 fully saturated rings. The topological polar surface area (TPSA) is 44.4 Å². The maximum Gasteiger partial charge on any atom is 0.242 e. The second kappa shape index (κ2) is 5.83. The Balaban J connectivity index is 2.02. The number of carbonyl (C=O) groups is 1. The molecule has 1 unspecified atom stereocenters. The Kier molecular flexibility index (Phi) is 4.33. The van der Waals surface area contributed by atoms with Gasteiger partial charge in [0.2, 0.25) is 5.91 Å². The third kappa shape index (κ3) is 3.73. The Labute approximate surface area is 121 Å². The Morgan fingerprint density at radius 2 is 1.95 bits per heavy atom. The summed E-state index contributed by atoms with van der Waals surface area (Å²) in [6.45, 7) is 10.9. The molecular weight excluding hydrogens is 250 g/mol. The van der Waals surface area contributed by atoms with Crippen LogP contribution in [-0.4, -0.2) is 30.6 Å². The first-order valence-corrected chi connectivity index (χ1v) is 7.25. The zero-order valence-corrected chi connectivity index (χ0v) is 12.9. The average Bonchev–Trinajstić information content (AvgIpc) is 2.40. The van der Waals surface area contributed by atoms with Gasteiger partial charge in [0.05, 0.1) is 0 Å². The van der Waals surface area contributed by atoms with Gasteiger partial charge in [0.15, 0.2) is 0 Å². The minimum Gasteiger partial charge on any atom is -0.358 e. The first-order chi connectivity index (χ1) is 9.37. The largest absolute Gasteiger partial charge is 0.358 e. The van der Waals surface area contributed by atoms with Gasteiger partial charge in [-0.3, -0.25) is 4.79 Å². The van der Waals surface area contributed by atoms with Gasteiger partial charge in [0.1, 0.15) is 6.04 Å². The predicted octanol–water partition coefficient (Wildman–Crippen LogP) is 1.90. The summed E-state index contributed by atoms with van der Waals surface area (Å²) in [6, 6.07) is 8.38. The highest BCUT2D eigenvalue weighted by molar-refractivity contribution is 5.86. The van der Waals surface area contributed by atoms with E-state index in [1.165, 1.54) is 5.56 Å². The van der Waals surface area contributed by atoms with Crippen LogP contribution >= 0.6 is 0 Å². The van der Waals surface area contributed by atoms with Gasteiger partial charge in [-0.15, -0.1) is 0 Å². The molecule has 1 aromatic rings. The van der Waals surface area contributed by atoms with E-state index in [1.54, 1.807) is 0 Å². The number of benzene rings is 1. The molecule has 4 heteroatoms. The van der Waals surface area contributed by atoms with Crippen molar-refractivity contribution in [3.05, 3.63) is 29.8 Å². The highest BCUT2D eigenvalue weighted by atomic mass is 16.2. The van der Waals surface area contributed by atoms with Gasteiger partial charge < -0.3 is 15.5 Å². The normalized spacial score (nSPS) is 19.9. The summed E-state index contributed by atoms with van der Waals surface area (Å²) in [5, 5.41) is 6.36. The van der Waals surface area contributed by atoms with Crippen molar-refractivity contribution in [2.24, 2.45) is 0 Å². The third-order valence-electron chi connectivity index (χ3n) is 3.59. The second-order valence-corrected chi connectivity index (χ2v) is 6.43. The van der Waals surface area contributed by atoms with Crippen LogP contribution in [0.1, 0.15) is 33.3 Å². The molecule has 1 amide bonds. The zero-order chi connectivity index (χ0) is 14.8. The molecule has 1 atom stereocenters. The first-order valence-electron chi connectivity index (χ1n) is 7.25. The van der Waals surface area contributed by atoms with E-state index in [1.807, 2.05) is 6.92 Å². The number of hydrogen-bond acceptors (Lipinski definition) is 3. The molecule has 0 bridgehead atoms. The van der Waals surface area contributed by atoms with Crippen molar-refractivity contribution in [2.45, 2.75) is 45.8 Å². The Bertz CT molecular complexity index is 462.